The fourth-order valence-corrected chi connectivity index (χ4v) is 2.38. The van der Waals surface area contributed by atoms with E-state index in [9.17, 15) is 0 Å². The van der Waals surface area contributed by atoms with Crippen LogP contribution in [-0.2, 0) is 0 Å². The molecule has 17 heavy (non-hydrogen) atoms. The Hall–Kier alpha value is -1.12. The minimum absolute atomic E-state index is 0.0231. The maximum absolute atomic E-state index is 6.32. The summed E-state index contributed by atoms with van der Waals surface area (Å²) >= 11 is 3.48. The second-order valence-corrected chi connectivity index (χ2v) is 5.20. The summed E-state index contributed by atoms with van der Waals surface area (Å²) in [5, 5.41) is 0. The molecule has 0 saturated carbocycles. The third kappa shape index (κ3) is 2.96. The Morgan fingerprint density at radius 3 is 2.24 bits per heavy atom. The second-order valence-electron chi connectivity index (χ2n) is 4.28. The molecule has 0 bridgehead atoms. The number of hydrogen-bond acceptors (Lipinski definition) is 1. The van der Waals surface area contributed by atoms with Crippen molar-refractivity contribution in [3.8, 4) is 0 Å². The van der Waals surface area contributed by atoms with E-state index in [2.05, 4.69) is 59.3 Å². The zero-order chi connectivity index (χ0) is 12.3. The first kappa shape index (κ1) is 12.3. The summed E-state index contributed by atoms with van der Waals surface area (Å²) in [4.78, 5) is 0. The second kappa shape index (κ2) is 5.48. The summed E-state index contributed by atoms with van der Waals surface area (Å²) in [6.45, 7) is 2.17. The van der Waals surface area contributed by atoms with Crippen molar-refractivity contribution in [2.45, 2.75) is 18.9 Å². The molecule has 0 aliphatic carbocycles. The fraction of sp³-hybridized carbons (Fsp3) is 0.200. The summed E-state index contributed by atoms with van der Waals surface area (Å²) in [5.74, 6) is 0.311. The maximum Gasteiger partial charge on any atom is 0.0362 e. The molecule has 2 rings (SSSR count). The molecule has 0 radical (unpaired) electrons. The summed E-state index contributed by atoms with van der Waals surface area (Å²) in [7, 11) is 0. The summed E-state index contributed by atoms with van der Waals surface area (Å²) < 4.78 is 1.07. The monoisotopic (exact) mass is 289 g/mol. The lowest BCUT2D eigenvalue weighted by atomic mass is 9.89. The molecule has 0 aliphatic rings. The molecular formula is C15H16BrN. The molecule has 2 atom stereocenters. The number of rotatable bonds is 3. The van der Waals surface area contributed by atoms with Crippen LogP contribution < -0.4 is 5.73 Å². The third-order valence-corrected chi connectivity index (χ3v) is 3.59. The topological polar surface area (TPSA) is 26.0 Å². The molecule has 0 spiro atoms. The predicted molar refractivity (Wildman–Crippen MR) is 75.9 cm³/mol. The summed E-state index contributed by atoms with van der Waals surface area (Å²) in [6.07, 6.45) is 0. The highest BCUT2D eigenvalue weighted by Gasteiger charge is 2.16. The van der Waals surface area contributed by atoms with Crippen LogP contribution in [0, 0.1) is 0 Å². The smallest absolute Gasteiger partial charge is 0.0362 e. The average molecular weight is 290 g/mol. The van der Waals surface area contributed by atoms with E-state index in [0.29, 0.717) is 5.92 Å². The van der Waals surface area contributed by atoms with Gasteiger partial charge in [0.1, 0.15) is 0 Å². The molecule has 0 heterocycles. The molecule has 2 heteroatoms. The zero-order valence-corrected chi connectivity index (χ0v) is 11.4. The van der Waals surface area contributed by atoms with Crippen molar-refractivity contribution in [3.63, 3.8) is 0 Å². The van der Waals surface area contributed by atoms with Gasteiger partial charge in [-0.2, -0.15) is 0 Å². The van der Waals surface area contributed by atoms with Crippen LogP contribution in [0.5, 0.6) is 0 Å². The lowest BCUT2D eigenvalue weighted by Crippen LogP contribution is -2.17. The Balaban J connectivity index is 2.23. The molecule has 2 N–H and O–H groups in total. The van der Waals surface area contributed by atoms with E-state index in [4.69, 9.17) is 5.73 Å². The summed E-state index contributed by atoms with van der Waals surface area (Å²) in [5.41, 5.74) is 8.76. The molecule has 0 saturated heterocycles. The first-order valence-electron chi connectivity index (χ1n) is 5.74. The van der Waals surface area contributed by atoms with Crippen molar-refractivity contribution in [1.29, 1.82) is 0 Å². The Labute approximate surface area is 111 Å². The van der Waals surface area contributed by atoms with Crippen molar-refractivity contribution in [1.82, 2.24) is 0 Å². The summed E-state index contributed by atoms with van der Waals surface area (Å²) in [6, 6.07) is 18.6. The number of benzene rings is 2. The van der Waals surface area contributed by atoms with Gasteiger partial charge in [-0.15, -0.1) is 0 Å². The van der Waals surface area contributed by atoms with Crippen molar-refractivity contribution in [2.75, 3.05) is 0 Å². The first-order chi connectivity index (χ1) is 8.18. The largest absolute Gasteiger partial charge is 0.323 e. The van der Waals surface area contributed by atoms with Crippen LogP contribution >= 0.6 is 15.9 Å². The van der Waals surface area contributed by atoms with Gasteiger partial charge < -0.3 is 5.73 Å². The highest BCUT2D eigenvalue weighted by molar-refractivity contribution is 9.10. The zero-order valence-electron chi connectivity index (χ0n) is 9.81. The van der Waals surface area contributed by atoms with Gasteiger partial charge in [-0.3, -0.25) is 0 Å². The third-order valence-electron chi connectivity index (χ3n) is 3.10. The van der Waals surface area contributed by atoms with Gasteiger partial charge in [0.05, 0.1) is 0 Å². The van der Waals surface area contributed by atoms with Gasteiger partial charge in [-0.1, -0.05) is 65.3 Å². The lowest BCUT2D eigenvalue weighted by Gasteiger charge is -2.21. The predicted octanol–water partition coefficient (Wildman–Crippen LogP) is 4.25. The Kier molecular flexibility index (Phi) is 3.97. The molecular weight excluding hydrogens is 274 g/mol. The van der Waals surface area contributed by atoms with E-state index in [0.717, 1.165) is 10.0 Å². The van der Waals surface area contributed by atoms with Crippen LogP contribution in [0.2, 0.25) is 0 Å². The van der Waals surface area contributed by atoms with Crippen LogP contribution in [0.3, 0.4) is 0 Å². The van der Waals surface area contributed by atoms with Gasteiger partial charge >= 0.3 is 0 Å². The van der Waals surface area contributed by atoms with Crippen molar-refractivity contribution in [3.05, 3.63) is 70.2 Å². The van der Waals surface area contributed by atoms with Gasteiger partial charge in [0.25, 0.3) is 0 Å². The van der Waals surface area contributed by atoms with E-state index < -0.39 is 0 Å². The van der Waals surface area contributed by atoms with Crippen LogP contribution in [0.25, 0.3) is 0 Å². The highest BCUT2D eigenvalue weighted by Crippen LogP contribution is 2.29. The Bertz CT molecular complexity index is 481. The van der Waals surface area contributed by atoms with Gasteiger partial charge in [0.2, 0.25) is 0 Å². The molecule has 2 unspecified atom stereocenters. The molecule has 0 fully saturated rings. The first-order valence-corrected chi connectivity index (χ1v) is 6.54. The molecule has 0 aliphatic heterocycles. The molecule has 2 aromatic carbocycles. The van der Waals surface area contributed by atoms with E-state index >= 15 is 0 Å². The molecule has 0 aromatic heterocycles. The van der Waals surface area contributed by atoms with Crippen molar-refractivity contribution < 1.29 is 0 Å². The standard InChI is InChI=1S/C15H16BrN/c1-11(12-6-3-2-4-7-12)15(17)13-8-5-9-14(16)10-13/h2-11,15H,17H2,1H3. The van der Waals surface area contributed by atoms with E-state index in [1.165, 1.54) is 5.56 Å². The Morgan fingerprint density at radius 2 is 1.59 bits per heavy atom. The van der Waals surface area contributed by atoms with Gasteiger partial charge in [-0.05, 0) is 23.3 Å². The minimum Gasteiger partial charge on any atom is -0.323 e. The highest BCUT2D eigenvalue weighted by atomic mass is 79.9. The van der Waals surface area contributed by atoms with Gasteiger partial charge in [0, 0.05) is 16.4 Å². The maximum atomic E-state index is 6.32. The van der Waals surface area contributed by atoms with Gasteiger partial charge in [-0.25, -0.2) is 0 Å². The van der Waals surface area contributed by atoms with Crippen molar-refractivity contribution in [2.24, 2.45) is 5.73 Å². The Morgan fingerprint density at radius 1 is 0.941 bits per heavy atom. The van der Waals surface area contributed by atoms with Crippen molar-refractivity contribution >= 4 is 15.9 Å². The number of halogens is 1. The number of nitrogens with two attached hydrogens (primary N) is 1. The van der Waals surface area contributed by atoms with E-state index in [1.807, 2.05) is 18.2 Å². The van der Waals surface area contributed by atoms with E-state index in [-0.39, 0.29) is 6.04 Å². The average Bonchev–Trinajstić information content (AvgIpc) is 2.38. The quantitative estimate of drug-likeness (QED) is 0.898. The fourth-order valence-electron chi connectivity index (χ4n) is 1.97. The normalized spacial score (nSPS) is 14.3. The number of hydrogen-bond donors (Lipinski definition) is 1. The molecule has 88 valence electrons. The van der Waals surface area contributed by atoms with Crippen LogP contribution in [0.1, 0.15) is 30.0 Å². The van der Waals surface area contributed by atoms with Crippen LogP contribution in [0.15, 0.2) is 59.1 Å². The van der Waals surface area contributed by atoms with E-state index in [1.54, 1.807) is 0 Å². The molecule has 2 aromatic rings. The van der Waals surface area contributed by atoms with Crippen LogP contribution in [0.4, 0.5) is 0 Å². The minimum atomic E-state index is 0.0231. The lowest BCUT2D eigenvalue weighted by molar-refractivity contribution is 0.598. The molecule has 1 nitrogen and oxygen atoms in total. The molecule has 0 amide bonds. The van der Waals surface area contributed by atoms with Crippen LogP contribution in [-0.4, -0.2) is 0 Å². The SMILES string of the molecule is CC(c1ccccc1)C(N)c1cccc(Br)c1. The van der Waals surface area contributed by atoms with Gasteiger partial charge in [0.15, 0.2) is 0 Å².